The molecule has 0 unspecified atom stereocenters. The van der Waals surface area contributed by atoms with E-state index in [0.29, 0.717) is 54.6 Å². The second kappa shape index (κ2) is 10.9. The number of benzene rings is 1. The van der Waals surface area contributed by atoms with Gasteiger partial charge >= 0.3 is 5.95 Å². The minimum absolute atomic E-state index is 0.0710. The number of aliphatic hydroxyl groups is 1. The maximum Gasteiger partial charge on any atom is 0.401 e. The summed E-state index contributed by atoms with van der Waals surface area (Å²) in [6.45, 7) is 10.8. The fourth-order valence-electron chi connectivity index (χ4n) is 3.74. The van der Waals surface area contributed by atoms with Gasteiger partial charge in [0.15, 0.2) is 23.8 Å². The minimum Gasteiger partial charge on any atom is -0.493 e. The quantitative estimate of drug-likeness (QED) is 0.241. The predicted molar refractivity (Wildman–Crippen MR) is 131 cm³/mol. The van der Waals surface area contributed by atoms with Crippen molar-refractivity contribution in [3.8, 4) is 17.4 Å². The molecule has 190 valence electrons. The zero-order valence-corrected chi connectivity index (χ0v) is 21.4. The second-order valence-electron chi connectivity index (χ2n) is 9.36. The Balaban J connectivity index is 1.98. The van der Waals surface area contributed by atoms with Gasteiger partial charge in [-0.15, -0.1) is 4.68 Å². The van der Waals surface area contributed by atoms with Gasteiger partial charge < -0.3 is 19.3 Å². The topological polar surface area (TPSA) is 125 Å². The number of ketones is 1. The molecular formula is C25H36N5O5+. The number of nitrogen functional groups attached to an aromatic ring is 1. The molecule has 0 amide bonds. The van der Waals surface area contributed by atoms with Crippen LogP contribution in [-0.2, 0) is 12.0 Å². The van der Waals surface area contributed by atoms with E-state index < -0.39 is 0 Å². The molecule has 0 aliphatic heterocycles. The van der Waals surface area contributed by atoms with Gasteiger partial charge in [-0.3, -0.25) is 10.5 Å². The number of aromatic nitrogens is 4. The van der Waals surface area contributed by atoms with Crippen LogP contribution in [0, 0.1) is 6.92 Å². The van der Waals surface area contributed by atoms with Crippen LogP contribution in [0.1, 0.15) is 62.0 Å². The molecule has 0 saturated heterocycles. The van der Waals surface area contributed by atoms with E-state index in [2.05, 4.69) is 10.2 Å². The summed E-state index contributed by atoms with van der Waals surface area (Å²) >= 11 is 0. The summed E-state index contributed by atoms with van der Waals surface area (Å²) in [7, 11) is 1.59. The third-order valence-electron chi connectivity index (χ3n) is 5.57. The van der Waals surface area contributed by atoms with Gasteiger partial charge in [0.05, 0.1) is 20.3 Å². The highest BCUT2D eigenvalue weighted by atomic mass is 16.5. The zero-order valence-electron chi connectivity index (χ0n) is 21.4. The zero-order chi connectivity index (χ0) is 25.8. The lowest BCUT2D eigenvalue weighted by Crippen LogP contribution is -2.42. The van der Waals surface area contributed by atoms with Crippen molar-refractivity contribution in [1.82, 2.24) is 14.7 Å². The lowest BCUT2D eigenvalue weighted by atomic mass is 9.84. The SMILES string of the molecule is CCOc1cc(C)c2n[n+](CC(=O)c3cc(OCCCCO)c(OC)c(C(C)(C)C)c3)c(N)n2n1. The molecule has 3 rings (SSSR count). The number of aryl methyl sites for hydroxylation is 1. The van der Waals surface area contributed by atoms with Crippen molar-refractivity contribution < 1.29 is 28.8 Å². The van der Waals surface area contributed by atoms with Gasteiger partial charge in [-0.25, -0.2) is 0 Å². The number of rotatable bonds is 11. The van der Waals surface area contributed by atoms with Crippen LogP contribution < -0.4 is 24.6 Å². The summed E-state index contributed by atoms with van der Waals surface area (Å²) in [4.78, 5) is 13.4. The van der Waals surface area contributed by atoms with Crippen LogP contribution in [0.25, 0.3) is 5.65 Å². The number of nitrogens with two attached hydrogens (primary N) is 1. The van der Waals surface area contributed by atoms with E-state index in [-0.39, 0.29) is 30.3 Å². The molecule has 0 spiro atoms. The number of fused-ring (bicyclic) bond motifs is 1. The highest BCUT2D eigenvalue weighted by Crippen LogP contribution is 2.40. The van der Waals surface area contributed by atoms with Crippen molar-refractivity contribution in [2.24, 2.45) is 0 Å². The van der Waals surface area contributed by atoms with Crippen molar-refractivity contribution in [2.75, 3.05) is 32.7 Å². The maximum atomic E-state index is 13.4. The highest BCUT2D eigenvalue weighted by molar-refractivity contribution is 5.96. The van der Waals surface area contributed by atoms with Crippen LogP contribution in [0.4, 0.5) is 5.95 Å². The van der Waals surface area contributed by atoms with Crippen LogP contribution in [-0.4, -0.2) is 52.5 Å². The van der Waals surface area contributed by atoms with E-state index in [1.54, 1.807) is 19.2 Å². The number of methoxy groups -OCH3 is 1. The Morgan fingerprint density at radius 1 is 1.20 bits per heavy atom. The van der Waals surface area contributed by atoms with Crippen LogP contribution >= 0.6 is 0 Å². The molecule has 10 heteroatoms. The summed E-state index contributed by atoms with van der Waals surface area (Å²) in [6, 6.07) is 5.32. The average molecular weight is 487 g/mol. The molecule has 2 aromatic heterocycles. The molecule has 0 radical (unpaired) electrons. The van der Waals surface area contributed by atoms with Crippen LogP contribution in [0.2, 0.25) is 0 Å². The van der Waals surface area contributed by atoms with Gasteiger partial charge in [-0.2, -0.15) is 0 Å². The number of Topliss-reactive ketones (excluding diaryl/α,β-unsaturated/α-hetero) is 1. The average Bonchev–Trinajstić information content (AvgIpc) is 3.11. The molecule has 35 heavy (non-hydrogen) atoms. The van der Waals surface area contributed by atoms with Gasteiger partial charge in [0.2, 0.25) is 5.88 Å². The van der Waals surface area contributed by atoms with Gasteiger partial charge in [0.25, 0.3) is 5.65 Å². The van der Waals surface area contributed by atoms with Gasteiger partial charge in [-0.1, -0.05) is 35.5 Å². The number of aliphatic hydroxyl groups excluding tert-OH is 1. The van der Waals surface area contributed by atoms with Crippen molar-refractivity contribution in [2.45, 2.75) is 59.4 Å². The molecule has 0 aliphatic rings. The largest absolute Gasteiger partial charge is 0.493 e. The number of hydrogen-bond donors (Lipinski definition) is 2. The Morgan fingerprint density at radius 2 is 1.94 bits per heavy atom. The van der Waals surface area contributed by atoms with E-state index in [0.717, 1.165) is 11.1 Å². The first kappa shape index (κ1) is 26.2. The highest BCUT2D eigenvalue weighted by Gasteiger charge is 2.27. The number of unbranched alkanes of at least 4 members (excludes halogenated alkanes) is 1. The predicted octanol–water partition coefficient (Wildman–Crippen LogP) is 2.65. The summed E-state index contributed by atoms with van der Waals surface area (Å²) in [5.41, 5.74) is 8.71. The third kappa shape index (κ3) is 5.82. The van der Waals surface area contributed by atoms with Crippen molar-refractivity contribution in [3.05, 3.63) is 34.9 Å². The molecule has 3 aromatic rings. The molecule has 0 fully saturated rings. The minimum atomic E-state index is -0.295. The van der Waals surface area contributed by atoms with E-state index in [1.807, 2.05) is 40.7 Å². The third-order valence-corrected chi connectivity index (χ3v) is 5.57. The summed E-state index contributed by atoms with van der Waals surface area (Å²) in [5.74, 6) is 1.58. The second-order valence-corrected chi connectivity index (χ2v) is 9.36. The molecule has 0 atom stereocenters. The van der Waals surface area contributed by atoms with E-state index >= 15 is 0 Å². The van der Waals surface area contributed by atoms with Gasteiger partial charge in [0.1, 0.15) is 0 Å². The number of hydrogen-bond acceptors (Lipinski definition) is 8. The fourth-order valence-corrected chi connectivity index (χ4v) is 3.74. The number of nitrogens with zero attached hydrogens (tertiary/aromatic N) is 4. The lowest BCUT2D eigenvalue weighted by molar-refractivity contribution is -0.723. The van der Waals surface area contributed by atoms with E-state index in [4.69, 9.17) is 25.1 Å². The van der Waals surface area contributed by atoms with E-state index in [1.165, 1.54) is 9.20 Å². The lowest BCUT2D eigenvalue weighted by Gasteiger charge is -2.25. The molecule has 2 heterocycles. The summed E-state index contributed by atoms with van der Waals surface area (Å²) in [5, 5.41) is 17.9. The molecule has 0 aliphatic carbocycles. The molecule has 10 nitrogen and oxygen atoms in total. The Kier molecular flexibility index (Phi) is 8.16. The molecular weight excluding hydrogens is 450 g/mol. The van der Waals surface area contributed by atoms with Crippen LogP contribution in [0.15, 0.2) is 18.2 Å². The van der Waals surface area contributed by atoms with Gasteiger partial charge in [-0.05, 0) is 44.2 Å². The molecule has 1 aromatic carbocycles. The standard InChI is InChI=1S/C25H35N5O5/c1-7-34-21-12-16(2)23-28-29(24(26)30(23)27-21)15-19(32)17-13-18(25(3,4)5)22(33-6)20(14-17)35-11-9-8-10-31/h12-14,26,31H,7-11,15H2,1-6H3/p+1. The Morgan fingerprint density at radius 3 is 2.57 bits per heavy atom. The number of carbonyl (C=O) groups is 1. The Labute approximate surface area is 205 Å². The van der Waals surface area contributed by atoms with Crippen molar-refractivity contribution in [1.29, 1.82) is 0 Å². The van der Waals surface area contributed by atoms with Crippen molar-refractivity contribution >= 4 is 17.4 Å². The monoisotopic (exact) mass is 486 g/mol. The first-order valence-corrected chi connectivity index (χ1v) is 11.8. The number of carbonyl (C=O) groups excluding carboxylic acids is 1. The molecule has 3 N–H and O–H groups in total. The molecule has 0 saturated carbocycles. The first-order valence-electron chi connectivity index (χ1n) is 11.8. The smallest absolute Gasteiger partial charge is 0.401 e. The van der Waals surface area contributed by atoms with Crippen LogP contribution in [0.5, 0.6) is 17.4 Å². The van der Waals surface area contributed by atoms with E-state index in [9.17, 15) is 4.79 Å². The first-order chi connectivity index (χ1) is 16.6. The molecule has 0 bridgehead atoms. The Bertz CT molecular complexity index is 1200. The fraction of sp³-hybridized carbons (Fsp3) is 0.520. The number of anilines is 1. The maximum absolute atomic E-state index is 13.4. The summed E-state index contributed by atoms with van der Waals surface area (Å²) < 4.78 is 20.1. The van der Waals surface area contributed by atoms with Crippen LogP contribution in [0.3, 0.4) is 0 Å². The normalized spacial score (nSPS) is 11.6. The van der Waals surface area contributed by atoms with Crippen molar-refractivity contribution in [3.63, 3.8) is 0 Å². The number of ether oxygens (including phenoxy) is 3. The Hall–Kier alpha value is -3.40. The van der Waals surface area contributed by atoms with Gasteiger partial charge in [0, 0.05) is 29.4 Å². The summed E-state index contributed by atoms with van der Waals surface area (Å²) in [6.07, 6.45) is 1.32.